The number of aryl methyl sites for hydroxylation is 2. The van der Waals surface area contributed by atoms with Gasteiger partial charge in [0.25, 0.3) is 5.91 Å². The van der Waals surface area contributed by atoms with Crippen LogP contribution in [0, 0.1) is 6.92 Å². The third-order valence-corrected chi connectivity index (χ3v) is 4.79. The van der Waals surface area contributed by atoms with Crippen molar-refractivity contribution >= 4 is 16.9 Å². The van der Waals surface area contributed by atoms with Gasteiger partial charge in [-0.25, -0.2) is 9.67 Å². The van der Waals surface area contributed by atoms with Crippen LogP contribution in [0.15, 0.2) is 47.1 Å². The van der Waals surface area contributed by atoms with Crippen molar-refractivity contribution in [1.82, 2.24) is 30.2 Å². The first kappa shape index (κ1) is 19.8. The number of aromatic nitrogens is 5. The topological polar surface area (TPSA) is 98.7 Å². The Bertz CT molecular complexity index is 1160. The minimum Gasteiger partial charge on any atom is -0.352 e. The number of nitrogens with zero attached hydrogens (tertiary/aromatic N) is 5. The van der Waals surface area contributed by atoms with Gasteiger partial charge in [-0.2, -0.15) is 10.1 Å². The molecule has 0 saturated heterocycles. The van der Waals surface area contributed by atoms with Crippen LogP contribution in [0.5, 0.6) is 0 Å². The number of nitrogens with one attached hydrogen (secondary N) is 1. The summed E-state index contributed by atoms with van der Waals surface area (Å²) in [7, 11) is 0. The van der Waals surface area contributed by atoms with Crippen molar-refractivity contribution in [3.05, 3.63) is 59.9 Å². The summed E-state index contributed by atoms with van der Waals surface area (Å²) in [5.41, 5.74) is 2.98. The van der Waals surface area contributed by atoms with Gasteiger partial charge in [0, 0.05) is 24.6 Å². The molecule has 0 unspecified atom stereocenters. The summed E-state index contributed by atoms with van der Waals surface area (Å²) in [5, 5.41) is 12.0. The van der Waals surface area contributed by atoms with E-state index in [-0.39, 0.29) is 11.9 Å². The monoisotopic (exact) mass is 404 g/mol. The largest absolute Gasteiger partial charge is 0.352 e. The predicted octanol–water partition coefficient (Wildman–Crippen LogP) is 3.73. The van der Waals surface area contributed by atoms with Crippen LogP contribution in [0.1, 0.15) is 48.4 Å². The first-order valence-electron chi connectivity index (χ1n) is 10.0. The zero-order valence-electron chi connectivity index (χ0n) is 17.3. The molecule has 1 aromatic carbocycles. The molecule has 4 aromatic rings. The minimum atomic E-state index is -0.149. The fourth-order valence-corrected chi connectivity index (χ4v) is 3.32. The maximum atomic E-state index is 13.0. The number of hydrogen-bond acceptors (Lipinski definition) is 6. The lowest BCUT2D eigenvalue weighted by Gasteiger charge is -2.11. The number of amides is 1. The lowest BCUT2D eigenvalue weighted by Crippen LogP contribution is -2.25. The molecule has 0 aliphatic heterocycles. The normalized spacial score (nSPS) is 11.3. The van der Waals surface area contributed by atoms with E-state index in [2.05, 4.69) is 20.6 Å². The fourth-order valence-electron chi connectivity index (χ4n) is 3.32. The van der Waals surface area contributed by atoms with Crippen molar-refractivity contribution in [1.29, 1.82) is 0 Å². The van der Waals surface area contributed by atoms with Crippen LogP contribution in [-0.4, -0.2) is 37.4 Å². The molecule has 3 heterocycles. The first-order valence-corrected chi connectivity index (χ1v) is 10.0. The third-order valence-electron chi connectivity index (χ3n) is 4.79. The first-order chi connectivity index (χ1) is 14.5. The van der Waals surface area contributed by atoms with E-state index in [1.807, 2.05) is 54.9 Å². The number of pyridine rings is 1. The highest BCUT2D eigenvalue weighted by Crippen LogP contribution is 2.26. The zero-order chi connectivity index (χ0) is 21.1. The Kier molecular flexibility index (Phi) is 5.56. The quantitative estimate of drug-likeness (QED) is 0.471. The van der Waals surface area contributed by atoms with Crippen molar-refractivity contribution in [2.75, 3.05) is 6.54 Å². The number of benzene rings is 1. The van der Waals surface area contributed by atoms with E-state index in [1.165, 1.54) is 0 Å². The van der Waals surface area contributed by atoms with Gasteiger partial charge >= 0.3 is 0 Å². The Morgan fingerprint density at radius 1 is 1.20 bits per heavy atom. The summed E-state index contributed by atoms with van der Waals surface area (Å²) in [6.45, 7) is 6.37. The van der Waals surface area contributed by atoms with Gasteiger partial charge in [0.2, 0.25) is 5.89 Å². The van der Waals surface area contributed by atoms with Crippen LogP contribution in [0.2, 0.25) is 0 Å². The maximum Gasteiger partial charge on any atom is 0.252 e. The Morgan fingerprint density at radius 2 is 2.00 bits per heavy atom. The fraction of sp³-hybridized carbons (Fsp3) is 0.318. The minimum absolute atomic E-state index is 0.134. The van der Waals surface area contributed by atoms with Gasteiger partial charge < -0.3 is 9.84 Å². The Hall–Kier alpha value is -3.55. The Morgan fingerprint density at radius 3 is 2.70 bits per heavy atom. The lowest BCUT2D eigenvalue weighted by atomic mass is 10.1. The highest BCUT2D eigenvalue weighted by atomic mass is 16.5. The number of hydrogen-bond donors (Lipinski definition) is 1. The van der Waals surface area contributed by atoms with E-state index < -0.39 is 0 Å². The predicted molar refractivity (Wildman–Crippen MR) is 113 cm³/mol. The average Bonchev–Trinajstić information content (AvgIpc) is 3.37. The second-order valence-electron chi connectivity index (χ2n) is 7.44. The highest BCUT2D eigenvalue weighted by molar-refractivity contribution is 6.06. The van der Waals surface area contributed by atoms with Crippen molar-refractivity contribution in [3.63, 3.8) is 0 Å². The van der Waals surface area contributed by atoms with Crippen LogP contribution in [-0.2, 0) is 6.42 Å². The number of rotatable bonds is 7. The molecule has 0 atom stereocenters. The van der Waals surface area contributed by atoms with E-state index in [9.17, 15) is 4.79 Å². The van der Waals surface area contributed by atoms with Crippen molar-refractivity contribution in [3.8, 4) is 11.3 Å². The molecule has 1 N–H and O–H groups in total. The smallest absolute Gasteiger partial charge is 0.252 e. The standard InChI is InChI=1S/C22H24N6O2/c1-14(2)28-21-18(13-24-28)17(12-19(26-21)16-8-5-4-6-9-16)22(29)23-11-7-10-20-25-15(3)27-30-20/h4-6,8-9,12-14H,7,10-11H2,1-3H3,(H,23,29). The van der Waals surface area contributed by atoms with Gasteiger partial charge in [-0.05, 0) is 33.3 Å². The van der Waals surface area contributed by atoms with Gasteiger partial charge in [-0.15, -0.1) is 0 Å². The molecule has 0 bridgehead atoms. The molecular formula is C22H24N6O2. The number of fused-ring (bicyclic) bond motifs is 1. The van der Waals surface area contributed by atoms with Gasteiger partial charge in [-0.3, -0.25) is 4.79 Å². The molecule has 30 heavy (non-hydrogen) atoms. The third kappa shape index (κ3) is 4.07. The van der Waals surface area contributed by atoms with Crippen molar-refractivity contribution in [2.24, 2.45) is 0 Å². The van der Waals surface area contributed by atoms with Crippen LogP contribution < -0.4 is 5.32 Å². The summed E-state index contributed by atoms with van der Waals surface area (Å²) >= 11 is 0. The Balaban J connectivity index is 1.59. The summed E-state index contributed by atoms with van der Waals surface area (Å²) in [5.74, 6) is 1.05. The van der Waals surface area contributed by atoms with Gasteiger partial charge in [0.05, 0.1) is 22.8 Å². The van der Waals surface area contributed by atoms with Gasteiger partial charge in [0.15, 0.2) is 11.5 Å². The molecular weight excluding hydrogens is 380 g/mol. The molecule has 0 spiro atoms. The van der Waals surface area contributed by atoms with E-state index >= 15 is 0 Å². The molecule has 3 aromatic heterocycles. The number of carbonyl (C=O) groups excluding carboxylic acids is 1. The zero-order valence-corrected chi connectivity index (χ0v) is 17.3. The summed E-state index contributed by atoms with van der Waals surface area (Å²) in [4.78, 5) is 22.0. The molecule has 0 fully saturated rings. The van der Waals surface area contributed by atoms with Crippen LogP contribution >= 0.6 is 0 Å². The SMILES string of the molecule is Cc1noc(CCCNC(=O)c2cc(-c3ccccc3)nc3c2cnn3C(C)C)n1. The molecule has 0 aliphatic rings. The summed E-state index contributed by atoms with van der Waals surface area (Å²) < 4.78 is 6.95. The maximum absolute atomic E-state index is 13.0. The average molecular weight is 404 g/mol. The van der Waals surface area contributed by atoms with E-state index in [0.717, 1.165) is 16.6 Å². The van der Waals surface area contributed by atoms with Gasteiger partial charge in [0.1, 0.15) is 0 Å². The van der Waals surface area contributed by atoms with Crippen molar-refractivity contribution < 1.29 is 9.32 Å². The molecule has 1 amide bonds. The van der Waals surface area contributed by atoms with E-state index in [1.54, 1.807) is 13.1 Å². The van der Waals surface area contributed by atoms with Gasteiger partial charge in [-0.1, -0.05) is 35.5 Å². The van der Waals surface area contributed by atoms with Crippen LogP contribution in [0.25, 0.3) is 22.3 Å². The summed E-state index contributed by atoms with van der Waals surface area (Å²) in [6.07, 6.45) is 3.04. The summed E-state index contributed by atoms with van der Waals surface area (Å²) in [6, 6.07) is 11.8. The highest BCUT2D eigenvalue weighted by Gasteiger charge is 2.18. The Labute approximate surface area is 174 Å². The molecule has 0 aliphatic carbocycles. The number of carbonyl (C=O) groups is 1. The second-order valence-corrected chi connectivity index (χ2v) is 7.44. The molecule has 8 nitrogen and oxygen atoms in total. The van der Waals surface area contributed by atoms with Crippen LogP contribution in [0.4, 0.5) is 0 Å². The molecule has 154 valence electrons. The lowest BCUT2D eigenvalue weighted by molar-refractivity contribution is 0.0954. The van der Waals surface area contributed by atoms with Crippen molar-refractivity contribution in [2.45, 2.75) is 39.7 Å². The van der Waals surface area contributed by atoms with E-state index in [0.29, 0.717) is 42.3 Å². The van der Waals surface area contributed by atoms with E-state index in [4.69, 9.17) is 9.51 Å². The molecule has 0 saturated carbocycles. The molecule has 8 heteroatoms. The van der Waals surface area contributed by atoms with Crippen LogP contribution in [0.3, 0.4) is 0 Å². The molecule has 4 rings (SSSR count). The molecule has 0 radical (unpaired) electrons. The second kappa shape index (κ2) is 8.44.